The molecular weight excluding hydrogens is 312 g/mol. The summed E-state index contributed by atoms with van der Waals surface area (Å²) < 4.78 is 7.97. The van der Waals surface area contributed by atoms with Crippen LogP contribution in [0.2, 0.25) is 0 Å². The molecule has 5 heteroatoms. The van der Waals surface area contributed by atoms with E-state index in [9.17, 15) is 0 Å². The number of aromatic nitrogens is 3. The molecule has 25 heavy (non-hydrogen) atoms. The number of hydrogen-bond donors (Lipinski definition) is 1. The van der Waals surface area contributed by atoms with Crippen LogP contribution in [0, 0.1) is 0 Å². The van der Waals surface area contributed by atoms with Crippen molar-refractivity contribution in [3.8, 4) is 16.9 Å². The number of piperidine rings is 1. The van der Waals surface area contributed by atoms with Gasteiger partial charge in [0.1, 0.15) is 12.4 Å². The highest BCUT2D eigenvalue weighted by Gasteiger charge is 2.16. The summed E-state index contributed by atoms with van der Waals surface area (Å²) in [6, 6.07) is 12.7. The van der Waals surface area contributed by atoms with E-state index in [1.165, 1.54) is 0 Å². The molecule has 1 aliphatic heterocycles. The average molecular weight is 334 g/mol. The summed E-state index contributed by atoms with van der Waals surface area (Å²) in [7, 11) is 0. The number of benzene rings is 1. The predicted octanol–water partition coefficient (Wildman–Crippen LogP) is 3.45. The van der Waals surface area contributed by atoms with Gasteiger partial charge in [0.25, 0.3) is 0 Å². The van der Waals surface area contributed by atoms with Gasteiger partial charge in [-0.2, -0.15) is 5.10 Å². The lowest BCUT2D eigenvalue weighted by molar-refractivity contribution is 0.305. The third-order valence-electron chi connectivity index (χ3n) is 4.58. The maximum Gasteiger partial charge on any atom is 0.138 e. The van der Waals surface area contributed by atoms with Crippen LogP contribution >= 0.6 is 0 Å². The summed E-state index contributed by atoms with van der Waals surface area (Å²) in [5, 5.41) is 7.95. The van der Waals surface area contributed by atoms with Crippen molar-refractivity contribution in [2.24, 2.45) is 0 Å². The number of pyridine rings is 1. The van der Waals surface area contributed by atoms with Gasteiger partial charge in [0.15, 0.2) is 0 Å². The second-order valence-corrected chi connectivity index (χ2v) is 6.37. The van der Waals surface area contributed by atoms with Gasteiger partial charge in [-0.15, -0.1) is 0 Å². The first-order chi connectivity index (χ1) is 12.4. The second kappa shape index (κ2) is 7.49. The number of ether oxygens (including phenoxy) is 1. The third-order valence-corrected chi connectivity index (χ3v) is 4.58. The molecule has 1 saturated heterocycles. The lowest BCUT2D eigenvalue weighted by Gasteiger charge is -2.22. The average Bonchev–Trinajstić information content (AvgIpc) is 3.18. The Bertz CT molecular complexity index is 809. The molecule has 0 atom stereocenters. The Balaban J connectivity index is 1.46. The highest BCUT2D eigenvalue weighted by molar-refractivity contribution is 5.62. The molecule has 0 amide bonds. The first-order valence-corrected chi connectivity index (χ1v) is 8.75. The maximum absolute atomic E-state index is 5.88. The molecule has 3 aromatic rings. The van der Waals surface area contributed by atoms with Crippen LogP contribution in [0.15, 0.2) is 61.2 Å². The van der Waals surface area contributed by atoms with E-state index in [1.54, 1.807) is 6.20 Å². The van der Waals surface area contributed by atoms with Crippen molar-refractivity contribution in [1.82, 2.24) is 20.1 Å². The lowest BCUT2D eigenvalue weighted by atomic mass is 10.1. The van der Waals surface area contributed by atoms with Crippen LogP contribution in [-0.4, -0.2) is 27.9 Å². The molecule has 128 valence electrons. The van der Waals surface area contributed by atoms with Crippen molar-refractivity contribution in [2.75, 3.05) is 13.1 Å². The number of hydrogen-bond acceptors (Lipinski definition) is 4. The zero-order valence-electron chi connectivity index (χ0n) is 14.1. The molecule has 0 radical (unpaired) electrons. The SMILES string of the molecule is c1ccc(COc2cncc(-c3cnn(C4CCNCC4)c3)c2)cc1. The predicted molar refractivity (Wildman–Crippen MR) is 97.4 cm³/mol. The largest absolute Gasteiger partial charge is 0.487 e. The van der Waals surface area contributed by atoms with Crippen LogP contribution in [0.5, 0.6) is 5.75 Å². The van der Waals surface area contributed by atoms with Crippen LogP contribution < -0.4 is 10.1 Å². The Morgan fingerprint density at radius 2 is 1.88 bits per heavy atom. The maximum atomic E-state index is 5.88. The van der Waals surface area contributed by atoms with Crippen molar-refractivity contribution in [3.63, 3.8) is 0 Å². The molecule has 0 bridgehead atoms. The van der Waals surface area contributed by atoms with E-state index in [2.05, 4.69) is 38.4 Å². The smallest absolute Gasteiger partial charge is 0.138 e. The molecule has 0 saturated carbocycles. The number of nitrogens with one attached hydrogen (secondary N) is 1. The molecule has 1 N–H and O–H groups in total. The van der Waals surface area contributed by atoms with Crippen LogP contribution in [0.4, 0.5) is 0 Å². The first-order valence-electron chi connectivity index (χ1n) is 8.75. The summed E-state index contributed by atoms with van der Waals surface area (Å²) in [4.78, 5) is 4.32. The topological polar surface area (TPSA) is 52.0 Å². The van der Waals surface area contributed by atoms with E-state index >= 15 is 0 Å². The van der Waals surface area contributed by atoms with Gasteiger partial charge < -0.3 is 10.1 Å². The van der Waals surface area contributed by atoms with Crippen LogP contribution in [0.1, 0.15) is 24.4 Å². The molecule has 5 nitrogen and oxygen atoms in total. The summed E-state index contributed by atoms with van der Waals surface area (Å²) in [6.07, 6.45) is 9.90. The highest BCUT2D eigenvalue weighted by atomic mass is 16.5. The Morgan fingerprint density at radius 3 is 2.72 bits per heavy atom. The molecular formula is C20H22N4O. The minimum atomic E-state index is 0.487. The zero-order valence-corrected chi connectivity index (χ0v) is 14.1. The fourth-order valence-electron chi connectivity index (χ4n) is 3.15. The number of rotatable bonds is 5. The van der Waals surface area contributed by atoms with Crippen molar-refractivity contribution < 1.29 is 4.74 Å². The molecule has 3 heterocycles. The normalized spacial score (nSPS) is 15.2. The van der Waals surface area contributed by atoms with Crippen LogP contribution in [0.25, 0.3) is 11.1 Å². The fourth-order valence-corrected chi connectivity index (χ4v) is 3.15. The quantitative estimate of drug-likeness (QED) is 0.776. The van der Waals surface area contributed by atoms with E-state index in [4.69, 9.17) is 4.74 Å². The highest BCUT2D eigenvalue weighted by Crippen LogP contribution is 2.25. The van der Waals surface area contributed by atoms with E-state index in [-0.39, 0.29) is 0 Å². The van der Waals surface area contributed by atoms with Crippen LogP contribution in [-0.2, 0) is 6.61 Å². The van der Waals surface area contributed by atoms with Crippen molar-refractivity contribution >= 4 is 0 Å². The summed E-state index contributed by atoms with van der Waals surface area (Å²) in [5.74, 6) is 0.774. The Labute approximate surface area is 147 Å². The van der Waals surface area contributed by atoms with Gasteiger partial charge in [-0.25, -0.2) is 0 Å². The van der Waals surface area contributed by atoms with Gasteiger partial charge in [0.05, 0.1) is 18.4 Å². The van der Waals surface area contributed by atoms with Gasteiger partial charge in [0.2, 0.25) is 0 Å². The molecule has 1 fully saturated rings. The van der Waals surface area contributed by atoms with Gasteiger partial charge in [0, 0.05) is 23.5 Å². The number of nitrogens with zero attached hydrogens (tertiary/aromatic N) is 3. The molecule has 1 aromatic carbocycles. The Hall–Kier alpha value is -2.66. The van der Waals surface area contributed by atoms with E-state index in [0.29, 0.717) is 12.6 Å². The zero-order chi connectivity index (χ0) is 16.9. The molecule has 4 rings (SSSR count). The second-order valence-electron chi connectivity index (χ2n) is 6.37. The van der Waals surface area contributed by atoms with Gasteiger partial charge in [-0.1, -0.05) is 30.3 Å². The van der Waals surface area contributed by atoms with E-state index in [1.807, 2.05) is 36.7 Å². The molecule has 0 unspecified atom stereocenters. The van der Waals surface area contributed by atoms with Gasteiger partial charge in [-0.05, 0) is 37.6 Å². The molecule has 0 spiro atoms. The summed E-state index contributed by atoms with van der Waals surface area (Å²) in [6.45, 7) is 2.66. The van der Waals surface area contributed by atoms with Gasteiger partial charge >= 0.3 is 0 Å². The van der Waals surface area contributed by atoms with Gasteiger partial charge in [-0.3, -0.25) is 9.67 Å². The van der Waals surface area contributed by atoms with Crippen molar-refractivity contribution in [3.05, 3.63) is 66.7 Å². The van der Waals surface area contributed by atoms with E-state index < -0.39 is 0 Å². The monoisotopic (exact) mass is 334 g/mol. The van der Waals surface area contributed by atoms with E-state index in [0.717, 1.165) is 48.4 Å². The first kappa shape index (κ1) is 15.8. The third kappa shape index (κ3) is 3.88. The lowest BCUT2D eigenvalue weighted by Crippen LogP contribution is -2.29. The minimum absolute atomic E-state index is 0.487. The Kier molecular flexibility index (Phi) is 4.74. The minimum Gasteiger partial charge on any atom is -0.487 e. The molecule has 0 aliphatic carbocycles. The van der Waals surface area contributed by atoms with Crippen molar-refractivity contribution in [1.29, 1.82) is 0 Å². The molecule has 1 aliphatic rings. The fraction of sp³-hybridized carbons (Fsp3) is 0.300. The summed E-state index contributed by atoms with van der Waals surface area (Å²) >= 11 is 0. The molecule has 2 aromatic heterocycles. The van der Waals surface area contributed by atoms with Crippen molar-refractivity contribution in [2.45, 2.75) is 25.5 Å². The standard InChI is InChI=1S/C20H22N4O/c1-2-4-16(5-3-1)15-25-20-10-17(11-22-13-20)18-12-23-24(14-18)19-6-8-21-9-7-19/h1-5,10-14,19,21H,6-9,15H2. The Morgan fingerprint density at radius 1 is 1.04 bits per heavy atom. The summed E-state index contributed by atoms with van der Waals surface area (Å²) in [5.41, 5.74) is 3.26. The van der Waals surface area contributed by atoms with Crippen LogP contribution in [0.3, 0.4) is 0 Å².